The van der Waals surface area contributed by atoms with Crippen molar-refractivity contribution in [2.24, 2.45) is 11.3 Å². The van der Waals surface area contributed by atoms with Gasteiger partial charge in [0.15, 0.2) is 11.5 Å². The van der Waals surface area contributed by atoms with Crippen LogP contribution in [0.3, 0.4) is 0 Å². The molecule has 2 heterocycles. The summed E-state index contributed by atoms with van der Waals surface area (Å²) < 4.78 is 6.56. The van der Waals surface area contributed by atoms with Crippen LogP contribution >= 0.6 is 12.4 Å². The van der Waals surface area contributed by atoms with Crippen molar-refractivity contribution >= 4 is 24.0 Å². The zero-order valence-electron chi connectivity index (χ0n) is 20.1. The summed E-state index contributed by atoms with van der Waals surface area (Å²) in [5, 5.41) is 26.1. The van der Waals surface area contributed by atoms with Gasteiger partial charge in [-0.1, -0.05) is 30.3 Å². The normalized spacial score (nSPS) is 36.9. The predicted molar refractivity (Wildman–Crippen MR) is 138 cm³/mol. The number of hydrogen-bond acceptors (Lipinski definition) is 5. The van der Waals surface area contributed by atoms with Gasteiger partial charge in [-0.3, -0.25) is 9.69 Å². The fourth-order valence-corrected chi connectivity index (χ4v) is 8.54. The Kier molecular flexibility index (Phi) is 4.57. The van der Waals surface area contributed by atoms with E-state index in [0.29, 0.717) is 23.4 Å². The van der Waals surface area contributed by atoms with Gasteiger partial charge in [0.05, 0.1) is 5.41 Å². The number of ether oxygens (including phenoxy) is 1. The third-order valence-corrected chi connectivity index (χ3v) is 10.1. The zero-order chi connectivity index (χ0) is 23.6. The van der Waals surface area contributed by atoms with Gasteiger partial charge >= 0.3 is 0 Å². The molecule has 2 aromatic rings. The van der Waals surface area contributed by atoms with Gasteiger partial charge < -0.3 is 20.3 Å². The van der Waals surface area contributed by atoms with Crippen LogP contribution in [0.1, 0.15) is 43.2 Å². The quantitative estimate of drug-likeness (QED) is 0.585. The molecule has 9 rings (SSSR count). The number of nitrogens with zero attached hydrogens (tertiary/aromatic N) is 1. The van der Waals surface area contributed by atoms with Crippen LogP contribution in [0.2, 0.25) is 0 Å². The highest BCUT2D eigenvalue weighted by Crippen LogP contribution is 2.74. The Morgan fingerprint density at radius 2 is 1.92 bits per heavy atom. The number of piperidine rings is 1. The topological polar surface area (TPSA) is 82.0 Å². The molecule has 0 aromatic heterocycles. The lowest BCUT2D eigenvalue weighted by Crippen LogP contribution is -2.78. The molecular formula is C29H31ClN2O4. The Hall–Kier alpha value is -2.54. The summed E-state index contributed by atoms with van der Waals surface area (Å²) in [5.41, 5.74) is 1.36. The molecule has 7 heteroatoms. The highest BCUT2D eigenvalue weighted by Gasteiger charge is 2.78. The molecule has 5 atom stereocenters. The van der Waals surface area contributed by atoms with Crippen molar-refractivity contribution in [2.75, 3.05) is 18.4 Å². The number of anilines is 1. The fraction of sp³-hybridized carbons (Fsp3) is 0.483. The standard InChI is InChI=1S/C29H30N2O4.ClH/c32-21-9-8-18-14-22-27-10-11-29(34,20(15-27)25(33)30-19-4-2-1-3-5-19)26-28(27,23(18)24(21)35-26)12-13-31(22)16-17-6-7-17;/h1-5,8-9,15,17,22,26,32,34H,6-7,10-14,16H2,(H,30,33);1H/t22-,26-,27-,28+,29-;/m1./s1. The number of nitrogens with one attached hydrogen (secondary N) is 1. The van der Waals surface area contributed by atoms with Crippen LogP contribution in [-0.2, 0) is 16.6 Å². The lowest BCUT2D eigenvalue weighted by atomic mass is 9.38. The van der Waals surface area contributed by atoms with Crippen LogP contribution < -0.4 is 10.1 Å². The van der Waals surface area contributed by atoms with Crippen molar-refractivity contribution in [3.05, 3.63) is 65.2 Å². The molecule has 4 bridgehead atoms. The molecule has 3 N–H and O–H groups in total. The number of phenolic OH excluding ortho intramolecular Hbond substituents is 1. The van der Waals surface area contributed by atoms with Crippen molar-refractivity contribution in [2.45, 2.75) is 61.7 Å². The minimum Gasteiger partial charge on any atom is -0.504 e. The number of halogens is 1. The molecule has 36 heavy (non-hydrogen) atoms. The maximum absolute atomic E-state index is 13.7. The maximum Gasteiger partial charge on any atom is 0.254 e. The van der Waals surface area contributed by atoms with Gasteiger partial charge in [0, 0.05) is 34.8 Å². The van der Waals surface area contributed by atoms with Crippen molar-refractivity contribution in [1.29, 1.82) is 0 Å². The van der Waals surface area contributed by atoms with Crippen LogP contribution in [0.4, 0.5) is 5.69 Å². The zero-order valence-corrected chi connectivity index (χ0v) is 20.9. The van der Waals surface area contributed by atoms with Gasteiger partial charge in [-0.15, -0.1) is 12.4 Å². The molecule has 2 saturated carbocycles. The van der Waals surface area contributed by atoms with Gasteiger partial charge in [0.25, 0.3) is 5.91 Å². The average molecular weight is 507 g/mol. The van der Waals surface area contributed by atoms with E-state index in [1.54, 1.807) is 6.07 Å². The van der Waals surface area contributed by atoms with Gasteiger partial charge in [0.2, 0.25) is 0 Å². The van der Waals surface area contributed by atoms with Crippen molar-refractivity contribution in [3.63, 3.8) is 0 Å². The lowest BCUT2D eigenvalue weighted by Gasteiger charge is -2.70. The molecule has 6 nitrogen and oxygen atoms in total. The number of phenols is 1. The summed E-state index contributed by atoms with van der Waals surface area (Å²) in [4.78, 5) is 16.4. The smallest absolute Gasteiger partial charge is 0.254 e. The van der Waals surface area contributed by atoms with Crippen molar-refractivity contribution in [1.82, 2.24) is 4.90 Å². The Balaban J connectivity index is 0.00000220. The highest BCUT2D eigenvalue weighted by atomic mass is 35.5. The lowest BCUT2D eigenvalue weighted by molar-refractivity contribution is -0.186. The first-order valence-electron chi connectivity index (χ1n) is 13.0. The summed E-state index contributed by atoms with van der Waals surface area (Å²) in [6.07, 6.45) is 7.27. The third-order valence-electron chi connectivity index (χ3n) is 10.1. The molecule has 3 fully saturated rings. The summed E-state index contributed by atoms with van der Waals surface area (Å²) in [5.74, 6) is 1.19. The van der Waals surface area contributed by atoms with Crippen LogP contribution in [0.15, 0.2) is 54.1 Å². The highest BCUT2D eigenvalue weighted by molar-refractivity contribution is 6.06. The minimum absolute atomic E-state index is 0. The van der Waals surface area contributed by atoms with E-state index in [9.17, 15) is 15.0 Å². The number of aromatic hydroxyl groups is 1. The van der Waals surface area contributed by atoms with Crippen LogP contribution in [0, 0.1) is 11.3 Å². The number of carbonyl (C=O) groups is 1. The molecule has 2 aromatic carbocycles. The van der Waals surface area contributed by atoms with E-state index in [4.69, 9.17) is 4.74 Å². The van der Waals surface area contributed by atoms with Crippen molar-refractivity contribution in [3.8, 4) is 11.5 Å². The largest absolute Gasteiger partial charge is 0.504 e. The van der Waals surface area contributed by atoms with Gasteiger partial charge in [0.1, 0.15) is 11.7 Å². The summed E-state index contributed by atoms with van der Waals surface area (Å²) in [6.45, 7) is 2.07. The van der Waals surface area contributed by atoms with Crippen LogP contribution in [-0.4, -0.2) is 51.9 Å². The molecule has 0 unspecified atom stereocenters. The molecular weight excluding hydrogens is 476 g/mol. The summed E-state index contributed by atoms with van der Waals surface area (Å²) >= 11 is 0. The number of benzene rings is 2. The first kappa shape index (κ1) is 22.6. The maximum atomic E-state index is 13.7. The first-order chi connectivity index (χ1) is 17.0. The van der Waals surface area contributed by atoms with E-state index in [1.165, 1.54) is 18.4 Å². The summed E-state index contributed by atoms with van der Waals surface area (Å²) in [6, 6.07) is 13.5. The van der Waals surface area contributed by atoms with Crippen molar-refractivity contribution < 1.29 is 19.7 Å². The second-order valence-corrected chi connectivity index (χ2v) is 11.7. The van der Waals surface area contributed by atoms with Crippen LogP contribution in [0.25, 0.3) is 0 Å². The Bertz CT molecular complexity index is 1310. The molecule has 2 spiro atoms. The number of aliphatic hydroxyl groups is 1. The number of rotatable bonds is 4. The van der Waals surface area contributed by atoms with Gasteiger partial charge in [-0.05, 0) is 74.8 Å². The van der Waals surface area contributed by atoms with E-state index in [-0.39, 0.29) is 35.5 Å². The first-order valence-corrected chi connectivity index (χ1v) is 13.0. The van der Waals surface area contributed by atoms with E-state index in [2.05, 4.69) is 22.4 Å². The average Bonchev–Trinajstić information content (AvgIpc) is 3.60. The monoisotopic (exact) mass is 506 g/mol. The van der Waals surface area contributed by atoms with Gasteiger partial charge in [-0.25, -0.2) is 0 Å². The second-order valence-electron chi connectivity index (χ2n) is 11.7. The number of amides is 1. The molecule has 1 saturated heterocycles. The molecule has 7 aliphatic rings. The number of likely N-dealkylation sites (tertiary alicyclic amines) is 1. The Morgan fingerprint density at radius 3 is 2.69 bits per heavy atom. The number of hydrogen-bond donors (Lipinski definition) is 3. The van der Waals surface area contributed by atoms with E-state index in [0.717, 1.165) is 43.8 Å². The minimum atomic E-state index is -1.40. The number of carbonyl (C=O) groups excluding carboxylic acids is 1. The third kappa shape index (κ3) is 2.58. The molecule has 2 aliphatic heterocycles. The molecule has 1 amide bonds. The van der Waals surface area contributed by atoms with E-state index < -0.39 is 17.1 Å². The second kappa shape index (κ2) is 7.27. The Morgan fingerprint density at radius 1 is 1.11 bits per heavy atom. The van der Waals surface area contributed by atoms with E-state index >= 15 is 0 Å². The molecule has 188 valence electrons. The van der Waals surface area contributed by atoms with Crippen LogP contribution in [0.5, 0.6) is 11.5 Å². The number of para-hydroxylation sites is 1. The molecule has 0 radical (unpaired) electrons. The predicted octanol–water partition coefficient (Wildman–Crippen LogP) is 3.94. The summed E-state index contributed by atoms with van der Waals surface area (Å²) in [7, 11) is 0. The fourth-order valence-electron chi connectivity index (χ4n) is 8.54. The number of fused-ring (bicyclic) bond motifs is 1. The van der Waals surface area contributed by atoms with E-state index in [1.807, 2.05) is 30.3 Å². The Labute approximate surface area is 216 Å². The van der Waals surface area contributed by atoms with Gasteiger partial charge in [-0.2, -0.15) is 0 Å². The SMILES string of the molecule is Cl.O=C(Nc1ccccc1)C1=C[C@@]23CC[C@]1(O)[C@@H]1Oc4c(O)ccc5c4[C@@]12CCN(CC1CC1)[C@@H]3C5. The molecule has 5 aliphatic carbocycles.